The number of thiol groups is 1. The molecule has 0 spiro atoms. The van der Waals surface area contributed by atoms with Crippen LogP contribution in [0.25, 0.3) is 0 Å². The van der Waals surface area contributed by atoms with E-state index < -0.39 is 66.2 Å². The fourth-order valence-electron chi connectivity index (χ4n) is 1.96. The van der Waals surface area contributed by atoms with Gasteiger partial charge < -0.3 is 37.6 Å². The molecule has 9 N–H and O–H groups in total. The number of amides is 4. The number of aliphatic carboxylic acids is 2. The van der Waals surface area contributed by atoms with Gasteiger partial charge in [0.2, 0.25) is 23.6 Å². The third-order valence-corrected chi connectivity index (χ3v) is 3.96. The first-order valence-electron chi connectivity index (χ1n) is 8.39. The molecule has 0 bridgehead atoms. The summed E-state index contributed by atoms with van der Waals surface area (Å²) < 4.78 is 0. The van der Waals surface area contributed by atoms with Gasteiger partial charge in [0, 0.05) is 12.2 Å². The largest absolute Gasteiger partial charge is 0.481 e. The molecule has 0 heterocycles. The average molecular weight is 435 g/mol. The van der Waals surface area contributed by atoms with E-state index in [9.17, 15) is 28.8 Å². The standard InChI is InChI=1S/C15H25N5O8S/c1-6(18-13(25)7(16)2-3-11(22)23)12(24)19-8(4-10(17)21)14(26)20-9(5-29)15(27)28/h6-9,29H,2-5,16H2,1H3,(H2,17,21)(H,18,25)(H,19,24)(H,20,26)(H,22,23)(H,27,28). The number of carbonyl (C=O) groups excluding carboxylic acids is 4. The summed E-state index contributed by atoms with van der Waals surface area (Å²) in [5.74, 6) is -6.31. The first-order valence-corrected chi connectivity index (χ1v) is 9.02. The Balaban J connectivity index is 4.97. The van der Waals surface area contributed by atoms with Crippen molar-refractivity contribution >= 4 is 48.2 Å². The molecule has 0 aliphatic rings. The summed E-state index contributed by atoms with van der Waals surface area (Å²) in [7, 11) is 0. The molecule has 0 saturated heterocycles. The average Bonchev–Trinajstić information content (AvgIpc) is 2.62. The van der Waals surface area contributed by atoms with E-state index in [1.54, 1.807) is 0 Å². The Morgan fingerprint density at radius 2 is 1.48 bits per heavy atom. The van der Waals surface area contributed by atoms with Gasteiger partial charge in [0.25, 0.3) is 0 Å². The number of primary amides is 1. The monoisotopic (exact) mass is 435 g/mol. The van der Waals surface area contributed by atoms with E-state index >= 15 is 0 Å². The Morgan fingerprint density at radius 3 is 1.93 bits per heavy atom. The molecule has 13 nitrogen and oxygen atoms in total. The lowest BCUT2D eigenvalue weighted by Crippen LogP contribution is -2.57. The van der Waals surface area contributed by atoms with Crippen molar-refractivity contribution in [3.8, 4) is 0 Å². The summed E-state index contributed by atoms with van der Waals surface area (Å²) in [4.78, 5) is 69.0. The molecule has 0 fully saturated rings. The first-order chi connectivity index (χ1) is 13.4. The molecule has 0 aliphatic heterocycles. The van der Waals surface area contributed by atoms with E-state index in [2.05, 4.69) is 28.6 Å². The molecule has 4 unspecified atom stereocenters. The predicted octanol–water partition coefficient (Wildman–Crippen LogP) is -3.46. The maximum Gasteiger partial charge on any atom is 0.327 e. The molecule has 0 aliphatic carbocycles. The topological polar surface area (TPSA) is 231 Å². The SMILES string of the molecule is CC(NC(=O)C(N)CCC(=O)O)C(=O)NC(CC(N)=O)C(=O)NC(CS)C(=O)O. The summed E-state index contributed by atoms with van der Waals surface area (Å²) in [5.41, 5.74) is 10.6. The van der Waals surface area contributed by atoms with Crippen LogP contribution < -0.4 is 27.4 Å². The molecule has 0 aromatic rings. The van der Waals surface area contributed by atoms with Gasteiger partial charge in [0.15, 0.2) is 0 Å². The van der Waals surface area contributed by atoms with Crippen molar-refractivity contribution in [1.82, 2.24) is 16.0 Å². The Bertz CT molecular complexity index is 659. The van der Waals surface area contributed by atoms with Crippen molar-refractivity contribution < 1.29 is 39.0 Å². The van der Waals surface area contributed by atoms with Crippen LogP contribution in [0.3, 0.4) is 0 Å². The molecule has 0 rings (SSSR count). The van der Waals surface area contributed by atoms with E-state index in [1.807, 2.05) is 0 Å². The zero-order valence-corrected chi connectivity index (χ0v) is 16.5. The van der Waals surface area contributed by atoms with Gasteiger partial charge in [-0.25, -0.2) is 4.79 Å². The third kappa shape index (κ3) is 10.3. The van der Waals surface area contributed by atoms with Crippen molar-refractivity contribution in [3.63, 3.8) is 0 Å². The van der Waals surface area contributed by atoms with Gasteiger partial charge in [-0.15, -0.1) is 0 Å². The molecule has 29 heavy (non-hydrogen) atoms. The molecular weight excluding hydrogens is 410 g/mol. The van der Waals surface area contributed by atoms with Gasteiger partial charge >= 0.3 is 11.9 Å². The maximum absolute atomic E-state index is 12.2. The lowest BCUT2D eigenvalue weighted by molar-refractivity contribution is -0.142. The number of carboxylic acids is 2. The van der Waals surface area contributed by atoms with Crippen LogP contribution in [0.2, 0.25) is 0 Å². The van der Waals surface area contributed by atoms with E-state index in [0.29, 0.717) is 0 Å². The molecule has 164 valence electrons. The van der Waals surface area contributed by atoms with Crippen LogP contribution in [0.1, 0.15) is 26.2 Å². The van der Waals surface area contributed by atoms with Crippen molar-refractivity contribution in [1.29, 1.82) is 0 Å². The van der Waals surface area contributed by atoms with E-state index in [0.717, 1.165) is 0 Å². The fraction of sp³-hybridized carbons (Fsp3) is 0.600. The van der Waals surface area contributed by atoms with Crippen LogP contribution in [-0.4, -0.2) is 75.7 Å². The number of carboxylic acid groups (broad SMARTS) is 2. The molecule has 4 atom stereocenters. The molecule has 0 radical (unpaired) electrons. The summed E-state index contributed by atoms with van der Waals surface area (Å²) in [5, 5.41) is 24.1. The molecule has 14 heteroatoms. The minimum Gasteiger partial charge on any atom is -0.481 e. The van der Waals surface area contributed by atoms with Gasteiger partial charge in [-0.3, -0.25) is 24.0 Å². The first kappa shape index (κ1) is 26.1. The van der Waals surface area contributed by atoms with Crippen molar-refractivity contribution in [2.24, 2.45) is 11.5 Å². The normalized spacial score (nSPS) is 14.6. The lowest BCUT2D eigenvalue weighted by atomic mass is 10.1. The molecular formula is C15H25N5O8S. The predicted molar refractivity (Wildman–Crippen MR) is 102 cm³/mol. The van der Waals surface area contributed by atoms with Gasteiger partial charge in [0.1, 0.15) is 18.1 Å². The fourth-order valence-corrected chi connectivity index (χ4v) is 2.21. The third-order valence-electron chi connectivity index (χ3n) is 3.59. The highest BCUT2D eigenvalue weighted by molar-refractivity contribution is 7.80. The highest BCUT2D eigenvalue weighted by Crippen LogP contribution is 1.99. The zero-order valence-electron chi connectivity index (χ0n) is 15.6. The van der Waals surface area contributed by atoms with Gasteiger partial charge in [-0.2, -0.15) is 12.6 Å². The Labute approximate surface area is 171 Å². The van der Waals surface area contributed by atoms with Crippen LogP contribution in [0, 0.1) is 0 Å². The number of hydrogen-bond acceptors (Lipinski definition) is 8. The van der Waals surface area contributed by atoms with Crippen LogP contribution in [-0.2, 0) is 28.8 Å². The van der Waals surface area contributed by atoms with Crippen LogP contribution in [0.15, 0.2) is 0 Å². The number of hydrogen-bond donors (Lipinski definition) is 8. The minimum atomic E-state index is -1.48. The second-order valence-corrected chi connectivity index (χ2v) is 6.45. The maximum atomic E-state index is 12.2. The van der Waals surface area contributed by atoms with Crippen LogP contribution >= 0.6 is 12.6 Å². The van der Waals surface area contributed by atoms with Crippen LogP contribution in [0.4, 0.5) is 0 Å². The lowest BCUT2D eigenvalue weighted by Gasteiger charge is -2.22. The van der Waals surface area contributed by atoms with Crippen molar-refractivity contribution in [3.05, 3.63) is 0 Å². The minimum absolute atomic E-state index is 0.150. The second-order valence-electron chi connectivity index (χ2n) is 6.08. The highest BCUT2D eigenvalue weighted by Gasteiger charge is 2.29. The van der Waals surface area contributed by atoms with Gasteiger partial charge in [-0.05, 0) is 13.3 Å². The van der Waals surface area contributed by atoms with Crippen LogP contribution in [0.5, 0.6) is 0 Å². The number of carbonyl (C=O) groups is 6. The van der Waals surface area contributed by atoms with Gasteiger partial charge in [-0.1, -0.05) is 0 Å². The van der Waals surface area contributed by atoms with Crippen molar-refractivity contribution in [2.45, 2.75) is 50.4 Å². The van der Waals surface area contributed by atoms with Crippen molar-refractivity contribution in [2.75, 3.05) is 5.75 Å². The van der Waals surface area contributed by atoms with E-state index in [4.69, 9.17) is 21.7 Å². The number of nitrogens with two attached hydrogens (primary N) is 2. The molecule has 4 amide bonds. The summed E-state index contributed by atoms with van der Waals surface area (Å²) >= 11 is 3.79. The summed E-state index contributed by atoms with van der Waals surface area (Å²) in [6.07, 6.45) is -1.11. The Kier molecular flexibility index (Phi) is 11.3. The Morgan fingerprint density at radius 1 is 0.931 bits per heavy atom. The highest BCUT2D eigenvalue weighted by atomic mass is 32.1. The number of nitrogens with one attached hydrogen (secondary N) is 3. The van der Waals surface area contributed by atoms with Gasteiger partial charge in [0.05, 0.1) is 12.5 Å². The molecule has 0 aromatic carbocycles. The quantitative estimate of drug-likeness (QED) is 0.134. The molecule has 0 aromatic heterocycles. The Hall–Kier alpha value is -2.87. The van der Waals surface area contributed by atoms with E-state index in [-0.39, 0.29) is 18.6 Å². The van der Waals surface area contributed by atoms with E-state index in [1.165, 1.54) is 6.92 Å². The zero-order chi connectivity index (χ0) is 22.7. The summed E-state index contributed by atoms with van der Waals surface area (Å²) in [6, 6.07) is -5.20. The smallest absolute Gasteiger partial charge is 0.327 e. The number of rotatable bonds is 13. The molecule has 0 saturated carbocycles. The summed E-state index contributed by atoms with van der Waals surface area (Å²) in [6.45, 7) is 1.27. The second kappa shape index (κ2) is 12.6.